The first-order valence-corrected chi connectivity index (χ1v) is 13.0. The Morgan fingerprint density at radius 1 is 0.841 bits per heavy atom. The number of hydrogen-bond donors (Lipinski definition) is 0. The third-order valence-corrected chi connectivity index (χ3v) is 7.25. The van der Waals surface area contributed by atoms with E-state index in [-0.39, 0.29) is 6.07 Å². The van der Waals surface area contributed by atoms with Crippen molar-refractivity contribution < 1.29 is 50.3 Å². The number of anilines is 1. The highest BCUT2D eigenvalue weighted by atomic mass is 19.4. The maximum absolute atomic E-state index is 14.1. The Hall–Kier alpha value is -5.00. The van der Waals surface area contributed by atoms with Gasteiger partial charge in [-0.05, 0) is 52.2 Å². The minimum Gasteiger partial charge on any atom is -0.460 e. The van der Waals surface area contributed by atoms with E-state index in [4.69, 9.17) is 4.84 Å². The van der Waals surface area contributed by atoms with Crippen molar-refractivity contribution in [1.82, 2.24) is 0 Å². The molecule has 0 N–H and O–H groups in total. The van der Waals surface area contributed by atoms with Crippen LogP contribution in [0.15, 0.2) is 91.0 Å². The molecule has 1 aliphatic heterocycles. The number of benzene rings is 4. The third-order valence-electron chi connectivity index (χ3n) is 7.25. The lowest BCUT2D eigenvalue weighted by atomic mass is 9.80. The van der Waals surface area contributed by atoms with Gasteiger partial charge in [0.05, 0.1) is 35.9 Å². The maximum atomic E-state index is 14.1. The van der Waals surface area contributed by atoms with Crippen LogP contribution < -0.4 is 5.06 Å². The lowest BCUT2D eigenvalue weighted by Crippen LogP contribution is -2.37. The second kappa shape index (κ2) is 11.6. The summed E-state index contributed by atoms with van der Waals surface area (Å²) in [5, 5.41) is 2.49. The molecule has 13 heteroatoms. The number of hydroxylamine groups is 1. The summed E-state index contributed by atoms with van der Waals surface area (Å²) in [6.45, 7) is 0. The molecule has 0 radical (unpaired) electrons. The van der Waals surface area contributed by atoms with Gasteiger partial charge in [0.1, 0.15) is 6.10 Å². The fourth-order valence-corrected chi connectivity index (χ4v) is 5.33. The highest BCUT2D eigenvalue weighted by Gasteiger charge is 2.54. The molecule has 4 aromatic carbocycles. The van der Waals surface area contributed by atoms with Crippen LogP contribution in [0.2, 0.25) is 0 Å². The van der Waals surface area contributed by atoms with E-state index in [1.165, 1.54) is 5.06 Å². The Morgan fingerprint density at radius 3 is 2.02 bits per heavy atom. The summed E-state index contributed by atoms with van der Waals surface area (Å²) in [6.07, 6.45) is -12.2. The molecule has 3 atom stereocenters. The molecule has 1 saturated heterocycles. The fraction of sp³-hybridized carbons (Fsp3) is 0.194. The number of methoxy groups -OCH3 is 1. The molecule has 1 heterocycles. The van der Waals surface area contributed by atoms with E-state index < -0.39 is 64.6 Å². The number of alkyl halides is 6. The van der Waals surface area contributed by atoms with Gasteiger partial charge >= 0.3 is 24.0 Å². The van der Waals surface area contributed by atoms with E-state index in [0.717, 1.165) is 7.11 Å². The SMILES string of the molecule is COC(=O)C(=[N+]=[N-])C(=O)[C@@H]1[C@@H](c2cc(C(F)(F)F)cc(C(F)(F)F)c2)ON(c2ccccc2)[C@H]1c1cccc2ccccc12. The molecule has 5 rings (SSSR count). The zero-order chi connectivity index (χ0) is 31.8. The topological polar surface area (TPSA) is 92.2 Å². The van der Waals surface area contributed by atoms with Crippen LogP contribution in [-0.2, 0) is 31.5 Å². The van der Waals surface area contributed by atoms with Crippen LogP contribution in [0.4, 0.5) is 32.0 Å². The highest BCUT2D eigenvalue weighted by Crippen LogP contribution is 2.52. The van der Waals surface area contributed by atoms with Crippen molar-refractivity contribution in [2.45, 2.75) is 24.5 Å². The molecule has 0 aliphatic carbocycles. The zero-order valence-corrected chi connectivity index (χ0v) is 22.6. The predicted molar refractivity (Wildman–Crippen MR) is 145 cm³/mol. The Kier molecular flexibility index (Phi) is 8.02. The minimum absolute atomic E-state index is 0.0402. The minimum atomic E-state index is -5.19. The first kappa shape index (κ1) is 30.5. The average Bonchev–Trinajstić information content (AvgIpc) is 3.41. The van der Waals surface area contributed by atoms with E-state index in [9.17, 15) is 41.5 Å². The number of rotatable bonds is 6. The van der Waals surface area contributed by atoms with Crippen molar-refractivity contribution >= 4 is 33.9 Å². The van der Waals surface area contributed by atoms with Crippen LogP contribution in [0.1, 0.15) is 34.4 Å². The summed E-state index contributed by atoms with van der Waals surface area (Å²) in [4.78, 5) is 35.5. The van der Waals surface area contributed by atoms with E-state index in [1.807, 2.05) is 0 Å². The first-order chi connectivity index (χ1) is 20.8. The van der Waals surface area contributed by atoms with E-state index in [1.54, 1.807) is 72.8 Å². The van der Waals surface area contributed by atoms with Crippen molar-refractivity contribution in [3.05, 3.63) is 119 Å². The molecule has 7 nitrogen and oxygen atoms in total. The van der Waals surface area contributed by atoms with Gasteiger partial charge in [-0.25, -0.2) is 9.86 Å². The molecule has 1 fully saturated rings. The van der Waals surface area contributed by atoms with Gasteiger partial charge in [0.25, 0.3) is 5.78 Å². The number of hydrogen-bond acceptors (Lipinski definition) is 5. The number of esters is 1. The monoisotopic (exact) mass is 613 g/mol. The molecule has 0 amide bonds. The van der Waals surface area contributed by atoms with Crippen molar-refractivity contribution in [2.24, 2.45) is 5.92 Å². The molecule has 0 unspecified atom stereocenters. The van der Waals surface area contributed by atoms with Crippen LogP contribution in [0.3, 0.4) is 0 Å². The van der Waals surface area contributed by atoms with Crippen LogP contribution >= 0.6 is 0 Å². The summed E-state index contributed by atoms with van der Waals surface area (Å²) in [7, 11) is 0.907. The van der Waals surface area contributed by atoms with Gasteiger partial charge in [0.15, 0.2) is 0 Å². The quantitative estimate of drug-likeness (QED) is 0.0576. The van der Waals surface area contributed by atoms with Gasteiger partial charge in [-0.3, -0.25) is 9.63 Å². The molecular weight excluding hydrogens is 592 g/mol. The Labute approximate surface area is 245 Å². The second-order valence-corrected chi connectivity index (χ2v) is 9.87. The summed E-state index contributed by atoms with van der Waals surface area (Å²) >= 11 is 0. The number of carbonyl (C=O) groups excluding carboxylic acids is 2. The Bertz CT molecular complexity index is 1750. The third kappa shape index (κ3) is 5.67. The molecule has 0 spiro atoms. The maximum Gasteiger partial charge on any atom is 0.441 e. The largest absolute Gasteiger partial charge is 0.460 e. The number of ketones is 1. The zero-order valence-electron chi connectivity index (χ0n) is 22.6. The van der Waals surface area contributed by atoms with E-state index in [0.29, 0.717) is 34.2 Å². The van der Waals surface area contributed by atoms with Gasteiger partial charge in [0, 0.05) is 0 Å². The predicted octanol–water partition coefficient (Wildman–Crippen LogP) is 7.14. The van der Waals surface area contributed by atoms with Crippen LogP contribution in [0, 0.1) is 5.92 Å². The van der Waals surface area contributed by atoms with E-state index >= 15 is 0 Å². The van der Waals surface area contributed by atoms with Crippen molar-refractivity contribution in [1.29, 1.82) is 0 Å². The number of ether oxygens (including phenoxy) is 1. The number of halogens is 6. The normalized spacial score (nSPS) is 18.6. The Balaban J connectivity index is 1.83. The lowest BCUT2D eigenvalue weighted by Gasteiger charge is -2.27. The number of Topliss-reactive ketones (excluding diaryl/α,β-unsaturated/α-hetero) is 1. The van der Waals surface area contributed by atoms with E-state index in [2.05, 4.69) is 9.53 Å². The molecule has 4 aromatic rings. The molecule has 44 heavy (non-hydrogen) atoms. The van der Waals surface area contributed by atoms with Gasteiger partial charge in [0.2, 0.25) is 0 Å². The van der Waals surface area contributed by atoms with Crippen LogP contribution in [0.5, 0.6) is 0 Å². The fourth-order valence-electron chi connectivity index (χ4n) is 5.33. The van der Waals surface area contributed by atoms with Crippen LogP contribution in [-0.4, -0.2) is 29.4 Å². The number of para-hydroxylation sites is 1. The molecule has 0 aromatic heterocycles. The smallest absolute Gasteiger partial charge is 0.441 e. The van der Waals surface area contributed by atoms with Gasteiger partial charge in [-0.15, -0.1) is 0 Å². The van der Waals surface area contributed by atoms with Crippen molar-refractivity contribution in [2.75, 3.05) is 12.2 Å². The second-order valence-electron chi connectivity index (χ2n) is 9.87. The highest BCUT2D eigenvalue weighted by molar-refractivity contribution is 6.62. The summed E-state index contributed by atoms with van der Waals surface area (Å²) in [5.41, 5.74) is 5.34. The summed E-state index contributed by atoms with van der Waals surface area (Å²) in [5.74, 6) is -4.31. The lowest BCUT2D eigenvalue weighted by molar-refractivity contribution is -0.143. The number of fused-ring (bicyclic) bond motifs is 1. The number of nitrogens with zero attached hydrogens (tertiary/aromatic N) is 3. The van der Waals surface area contributed by atoms with Crippen molar-refractivity contribution in [3.63, 3.8) is 0 Å². The van der Waals surface area contributed by atoms with Crippen LogP contribution in [0.25, 0.3) is 16.3 Å². The molecule has 0 bridgehead atoms. The Morgan fingerprint density at radius 2 is 1.43 bits per heavy atom. The standard InChI is InChI=1S/C31H21F6N3O4/c1-43-29(42)25(39-38)27(41)24-26(23-13-7-9-17-8-5-6-12-22(17)23)40(21-10-3-2-4-11-21)44-28(24)18-14-19(30(32,33)34)16-20(15-18)31(35,36)37/h2-16,24,26,28H,1H3/t24-,26+,28-/m1/s1. The summed E-state index contributed by atoms with van der Waals surface area (Å²) < 4.78 is 87.8. The molecular formula is C31H21F6N3O4. The van der Waals surface area contributed by atoms with Gasteiger partial charge in [-0.2, -0.15) is 31.1 Å². The van der Waals surface area contributed by atoms with Gasteiger partial charge in [-0.1, -0.05) is 60.7 Å². The first-order valence-electron chi connectivity index (χ1n) is 13.0. The molecule has 226 valence electrons. The molecule has 0 saturated carbocycles. The van der Waals surface area contributed by atoms with Crippen molar-refractivity contribution in [3.8, 4) is 0 Å². The van der Waals surface area contributed by atoms with Gasteiger partial charge < -0.3 is 10.3 Å². The number of carbonyl (C=O) groups is 2. The average molecular weight is 614 g/mol. The molecule has 1 aliphatic rings. The summed E-state index contributed by atoms with van der Waals surface area (Å²) in [6, 6.07) is 19.7.